The van der Waals surface area contributed by atoms with Gasteiger partial charge < -0.3 is 5.32 Å². The van der Waals surface area contributed by atoms with E-state index in [1.165, 1.54) is 11.1 Å². The van der Waals surface area contributed by atoms with Gasteiger partial charge >= 0.3 is 0 Å². The number of hydrazine groups is 1. The average Bonchev–Trinajstić information content (AvgIpc) is 2.99. The first kappa shape index (κ1) is 15.2. The van der Waals surface area contributed by atoms with E-state index in [2.05, 4.69) is 90.7 Å². The number of nitrogens with one attached hydrogen (secondary N) is 3. The minimum atomic E-state index is -0.176. The second-order valence-corrected chi connectivity index (χ2v) is 6.31. The van der Waals surface area contributed by atoms with Gasteiger partial charge in [0.2, 0.25) is 0 Å². The normalized spacial score (nSPS) is 21.9. The molecule has 3 N–H and O–H groups in total. The largest absolute Gasteiger partial charge is 0.304 e. The zero-order valence-electron chi connectivity index (χ0n) is 13.3. The van der Waals surface area contributed by atoms with Crippen molar-refractivity contribution >= 4 is 0 Å². The zero-order chi connectivity index (χ0) is 15.4. The molecule has 0 aliphatic carbocycles. The van der Waals surface area contributed by atoms with Crippen molar-refractivity contribution in [2.45, 2.75) is 25.4 Å². The average molecular weight is 295 g/mol. The highest BCUT2D eigenvalue weighted by atomic mass is 15.4. The molecule has 2 aromatic carbocycles. The van der Waals surface area contributed by atoms with Crippen LogP contribution in [0.2, 0.25) is 0 Å². The van der Waals surface area contributed by atoms with Gasteiger partial charge in [-0.25, -0.2) is 0 Å². The fourth-order valence-corrected chi connectivity index (χ4v) is 3.14. The van der Waals surface area contributed by atoms with Gasteiger partial charge in [-0.2, -0.15) is 0 Å². The fourth-order valence-electron chi connectivity index (χ4n) is 3.14. The Bertz CT molecular complexity index is 543. The molecule has 0 radical (unpaired) electrons. The van der Waals surface area contributed by atoms with Gasteiger partial charge in [-0.15, -0.1) is 0 Å². The summed E-state index contributed by atoms with van der Waals surface area (Å²) in [6.45, 7) is 6.49. The molecule has 0 bridgehead atoms. The first-order valence-electron chi connectivity index (χ1n) is 8.04. The quantitative estimate of drug-likeness (QED) is 0.793. The molecule has 2 atom stereocenters. The summed E-state index contributed by atoms with van der Waals surface area (Å²) in [5.74, 6) is 0.590. The Morgan fingerprint density at radius 2 is 1.55 bits per heavy atom. The molecular formula is C19H25N3. The van der Waals surface area contributed by atoms with Crippen LogP contribution in [-0.4, -0.2) is 19.1 Å². The molecule has 0 spiro atoms. The van der Waals surface area contributed by atoms with Gasteiger partial charge in [-0.05, 0) is 25.0 Å². The molecule has 0 amide bonds. The molecule has 2 unspecified atom stereocenters. The van der Waals surface area contributed by atoms with E-state index in [9.17, 15) is 0 Å². The highest BCUT2D eigenvalue weighted by Gasteiger charge is 2.31. The molecular weight excluding hydrogens is 270 g/mol. The third-order valence-corrected chi connectivity index (χ3v) is 4.82. The van der Waals surface area contributed by atoms with Gasteiger partial charge in [0, 0.05) is 25.0 Å². The smallest absolute Gasteiger partial charge is 0.0662 e. The lowest BCUT2D eigenvalue weighted by Crippen LogP contribution is -2.45. The van der Waals surface area contributed by atoms with E-state index in [1.807, 2.05) is 0 Å². The van der Waals surface area contributed by atoms with Crippen molar-refractivity contribution in [2.24, 2.45) is 5.92 Å². The van der Waals surface area contributed by atoms with Crippen LogP contribution >= 0.6 is 0 Å². The van der Waals surface area contributed by atoms with Crippen LogP contribution in [0.4, 0.5) is 0 Å². The Balaban J connectivity index is 1.86. The summed E-state index contributed by atoms with van der Waals surface area (Å²) < 4.78 is 0. The summed E-state index contributed by atoms with van der Waals surface area (Å²) in [6.07, 6.45) is 0. The number of rotatable bonds is 5. The van der Waals surface area contributed by atoms with Gasteiger partial charge in [0.1, 0.15) is 0 Å². The Kier molecular flexibility index (Phi) is 4.57. The van der Waals surface area contributed by atoms with Crippen LogP contribution in [0.3, 0.4) is 0 Å². The van der Waals surface area contributed by atoms with Crippen molar-refractivity contribution in [3.63, 3.8) is 0 Å². The molecule has 3 nitrogen and oxygen atoms in total. The molecule has 1 aliphatic rings. The predicted octanol–water partition coefficient (Wildman–Crippen LogP) is 2.65. The minimum Gasteiger partial charge on any atom is -0.304 e. The van der Waals surface area contributed by atoms with Crippen molar-refractivity contribution in [3.8, 4) is 0 Å². The van der Waals surface area contributed by atoms with E-state index >= 15 is 0 Å². The molecule has 116 valence electrons. The van der Waals surface area contributed by atoms with E-state index in [4.69, 9.17) is 0 Å². The van der Waals surface area contributed by atoms with Crippen LogP contribution < -0.4 is 16.2 Å². The molecule has 0 saturated carbocycles. The summed E-state index contributed by atoms with van der Waals surface area (Å²) in [5, 5.41) is 3.82. The van der Waals surface area contributed by atoms with Crippen molar-refractivity contribution < 1.29 is 0 Å². The molecule has 2 aromatic rings. The Labute approximate surface area is 133 Å². The Hall–Kier alpha value is -1.68. The number of hydrogen-bond donors (Lipinski definition) is 3. The second kappa shape index (κ2) is 6.61. The summed E-state index contributed by atoms with van der Waals surface area (Å²) in [6, 6.07) is 21.9. The maximum absolute atomic E-state index is 3.82. The van der Waals surface area contributed by atoms with E-state index in [0.717, 1.165) is 13.1 Å². The maximum Gasteiger partial charge on any atom is 0.0662 e. The van der Waals surface area contributed by atoms with Crippen molar-refractivity contribution in [1.29, 1.82) is 0 Å². The van der Waals surface area contributed by atoms with Crippen LogP contribution in [0.25, 0.3) is 0 Å². The summed E-state index contributed by atoms with van der Waals surface area (Å²) in [5.41, 5.74) is 8.97. The standard InChI is InChI=1S/C19H25N3/c1-15-16(14-21-22-15)13-20-19(2,17-9-5-3-6-10-17)18-11-7-4-8-12-18/h3-12,15-16,20-22H,13-14H2,1-2H3. The molecule has 22 heavy (non-hydrogen) atoms. The molecule has 1 saturated heterocycles. The highest BCUT2D eigenvalue weighted by molar-refractivity contribution is 5.37. The third kappa shape index (κ3) is 3.07. The van der Waals surface area contributed by atoms with Crippen LogP contribution in [0.1, 0.15) is 25.0 Å². The van der Waals surface area contributed by atoms with E-state index in [-0.39, 0.29) is 5.54 Å². The van der Waals surface area contributed by atoms with Crippen molar-refractivity contribution in [2.75, 3.05) is 13.1 Å². The topological polar surface area (TPSA) is 36.1 Å². The first-order chi connectivity index (χ1) is 10.7. The monoisotopic (exact) mass is 295 g/mol. The van der Waals surface area contributed by atoms with Gasteiger partial charge in [0.05, 0.1) is 5.54 Å². The van der Waals surface area contributed by atoms with Gasteiger partial charge in [-0.3, -0.25) is 10.9 Å². The first-order valence-corrected chi connectivity index (χ1v) is 8.04. The highest BCUT2D eigenvalue weighted by Crippen LogP contribution is 2.29. The van der Waals surface area contributed by atoms with Crippen LogP contribution in [-0.2, 0) is 5.54 Å². The SMILES string of the molecule is CC1NNCC1CNC(C)(c1ccccc1)c1ccccc1. The molecule has 3 rings (SSSR count). The summed E-state index contributed by atoms with van der Waals surface area (Å²) in [7, 11) is 0. The number of benzene rings is 2. The maximum atomic E-state index is 3.82. The third-order valence-electron chi connectivity index (χ3n) is 4.82. The predicted molar refractivity (Wildman–Crippen MR) is 91.4 cm³/mol. The van der Waals surface area contributed by atoms with Crippen LogP contribution in [0.5, 0.6) is 0 Å². The van der Waals surface area contributed by atoms with E-state index in [0.29, 0.717) is 12.0 Å². The fraction of sp³-hybridized carbons (Fsp3) is 0.368. The van der Waals surface area contributed by atoms with E-state index in [1.54, 1.807) is 0 Å². The van der Waals surface area contributed by atoms with Gasteiger partial charge in [0.25, 0.3) is 0 Å². The van der Waals surface area contributed by atoms with Gasteiger partial charge in [0.15, 0.2) is 0 Å². The van der Waals surface area contributed by atoms with E-state index < -0.39 is 0 Å². The Morgan fingerprint density at radius 3 is 2.00 bits per heavy atom. The van der Waals surface area contributed by atoms with Crippen LogP contribution in [0, 0.1) is 5.92 Å². The lowest BCUT2D eigenvalue weighted by Gasteiger charge is -2.34. The molecule has 3 heteroatoms. The Morgan fingerprint density at radius 1 is 1.00 bits per heavy atom. The molecule has 1 heterocycles. The van der Waals surface area contributed by atoms with Gasteiger partial charge in [-0.1, -0.05) is 60.7 Å². The minimum absolute atomic E-state index is 0.176. The van der Waals surface area contributed by atoms with Crippen LogP contribution in [0.15, 0.2) is 60.7 Å². The van der Waals surface area contributed by atoms with Crippen molar-refractivity contribution in [1.82, 2.24) is 16.2 Å². The summed E-state index contributed by atoms with van der Waals surface area (Å²) >= 11 is 0. The number of hydrogen-bond acceptors (Lipinski definition) is 3. The lowest BCUT2D eigenvalue weighted by atomic mass is 9.84. The summed E-state index contributed by atoms with van der Waals surface area (Å²) in [4.78, 5) is 0. The zero-order valence-corrected chi connectivity index (χ0v) is 13.3. The molecule has 1 fully saturated rings. The molecule has 1 aliphatic heterocycles. The molecule has 0 aromatic heterocycles. The van der Waals surface area contributed by atoms with Crippen molar-refractivity contribution in [3.05, 3.63) is 71.8 Å². The second-order valence-electron chi connectivity index (χ2n) is 6.31. The lowest BCUT2D eigenvalue weighted by molar-refractivity contribution is 0.370.